The smallest absolute Gasteiger partial charge is 0.247 e. The maximum absolute atomic E-state index is 12.9. The molecule has 1 aliphatic heterocycles. The van der Waals surface area contributed by atoms with Crippen LogP contribution in [0.5, 0.6) is 11.6 Å². The van der Waals surface area contributed by atoms with E-state index in [1.54, 1.807) is 22.7 Å². The van der Waals surface area contributed by atoms with Gasteiger partial charge >= 0.3 is 0 Å². The zero-order valence-corrected chi connectivity index (χ0v) is 19.5. The molecule has 170 valence electrons. The molecule has 1 atom stereocenters. The standard InChI is InChI=1S/C25H26N4O3S/c1-4-6-15-33-25-26-23-22(27-28-25)20-12-7-8-13-21(20)29(17(3)30)24(32-23)18-10-9-11-19(16-18)31-14-5-2/h5,7-13,16,24H,2,4,6,14-15H2,1,3H3. The molecular formula is C25H26N4O3S. The van der Waals surface area contributed by atoms with Crippen molar-refractivity contribution in [3.8, 4) is 22.9 Å². The van der Waals surface area contributed by atoms with Gasteiger partial charge in [-0.2, -0.15) is 4.98 Å². The number of ether oxygens (including phenoxy) is 2. The average molecular weight is 463 g/mol. The summed E-state index contributed by atoms with van der Waals surface area (Å²) in [5, 5.41) is 9.31. The number of thioether (sulfide) groups is 1. The normalized spacial score (nSPS) is 14.5. The summed E-state index contributed by atoms with van der Waals surface area (Å²) in [5.41, 5.74) is 2.70. The highest BCUT2D eigenvalue weighted by atomic mass is 32.2. The molecule has 0 radical (unpaired) electrons. The van der Waals surface area contributed by atoms with Gasteiger partial charge in [-0.15, -0.1) is 10.2 Å². The van der Waals surface area contributed by atoms with Crippen molar-refractivity contribution >= 4 is 23.4 Å². The van der Waals surface area contributed by atoms with E-state index in [1.165, 1.54) is 6.92 Å². The second-order valence-electron chi connectivity index (χ2n) is 7.50. The van der Waals surface area contributed by atoms with E-state index in [-0.39, 0.29) is 5.91 Å². The molecule has 1 aromatic heterocycles. The fraction of sp³-hybridized carbons (Fsp3) is 0.280. The van der Waals surface area contributed by atoms with Gasteiger partial charge in [-0.05, 0) is 24.6 Å². The molecule has 7 nitrogen and oxygen atoms in total. The number of unbranched alkanes of at least 4 members (excludes halogenated alkanes) is 1. The first-order valence-electron chi connectivity index (χ1n) is 10.9. The van der Waals surface area contributed by atoms with Crippen LogP contribution < -0.4 is 14.4 Å². The van der Waals surface area contributed by atoms with E-state index in [2.05, 4.69) is 28.7 Å². The second kappa shape index (κ2) is 10.5. The van der Waals surface area contributed by atoms with Crippen molar-refractivity contribution < 1.29 is 14.3 Å². The van der Waals surface area contributed by atoms with Crippen LogP contribution in [0.4, 0.5) is 5.69 Å². The second-order valence-corrected chi connectivity index (χ2v) is 8.56. The maximum Gasteiger partial charge on any atom is 0.247 e. The Hall–Kier alpha value is -3.39. The minimum atomic E-state index is -0.748. The molecule has 0 saturated carbocycles. The molecule has 2 aromatic carbocycles. The van der Waals surface area contributed by atoms with Crippen molar-refractivity contribution in [3.05, 3.63) is 66.7 Å². The highest BCUT2D eigenvalue weighted by Gasteiger charge is 2.34. The number of nitrogens with zero attached hydrogens (tertiary/aromatic N) is 4. The van der Waals surface area contributed by atoms with Gasteiger partial charge in [0.25, 0.3) is 0 Å². The lowest BCUT2D eigenvalue weighted by atomic mass is 10.1. The highest BCUT2D eigenvalue weighted by molar-refractivity contribution is 7.99. The van der Waals surface area contributed by atoms with E-state index in [9.17, 15) is 4.79 Å². The lowest BCUT2D eigenvalue weighted by Gasteiger charge is -2.30. The number of hydrogen-bond donors (Lipinski definition) is 0. The lowest BCUT2D eigenvalue weighted by molar-refractivity contribution is -0.118. The predicted octanol–water partition coefficient (Wildman–Crippen LogP) is 5.44. The Labute approximate surface area is 197 Å². The first-order chi connectivity index (χ1) is 16.1. The Morgan fingerprint density at radius 2 is 2.09 bits per heavy atom. The first kappa shape index (κ1) is 22.8. The van der Waals surface area contributed by atoms with Gasteiger partial charge in [0.05, 0.1) is 5.69 Å². The van der Waals surface area contributed by atoms with E-state index in [0.29, 0.717) is 34.8 Å². The number of fused-ring (bicyclic) bond motifs is 3. The first-order valence-corrected chi connectivity index (χ1v) is 11.9. The van der Waals surface area contributed by atoms with Crippen LogP contribution in [0, 0.1) is 0 Å². The Balaban J connectivity index is 1.82. The van der Waals surface area contributed by atoms with Crippen LogP contribution in [-0.2, 0) is 4.79 Å². The topological polar surface area (TPSA) is 77.4 Å². The van der Waals surface area contributed by atoms with Crippen molar-refractivity contribution in [3.63, 3.8) is 0 Å². The quantitative estimate of drug-likeness (QED) is 0.251. The Bertz CT molecular complexity index is 1150. The van der Waals surface area contributed by atoms with Crippen LogP contribution >= 0.6 is 11.8 Å². The molecule has 3 aromatic rings. The molecule has 0 bridgehead atoms. The Morgan fingerprint density at radius 1 is 1.24 bits per heavy atom. The molecule has 0 aliphatic carbocycles. The molecule has 1 aliphatic rings. The molecule has 33 heavy (non-hydrogen) atoms. The number of aromatic nitrogens is 3. The fourth-order valence-electron chi connectivity index (χ4n) is 3.55. The molecule has 8 heteroatoms. The molecule has 2 heterocycles. The number of anilines is 1. The van der Waals surface area contributed by atoms with E-state index < -0.39 is 6.23 Å². The number of amides is 1. The summed E-state index contributed by atoms with van der Waals surface area (Å²) in [6, 6.07) is 15.1. The minimum Gasteiger partial charge on any atom is -0.490 e. The molecule has 1 unspecified atom stereocenters. The summed E-state index contributed by atoms with van der Waals surface area (Å²) in [5.74, 6) is 1.75. The van der Waals surface area contributed by atoms with E-state index in [0.717, 1.165) is 29.7 Å². The summed E-state index contributed by atoms with van der Waals surface area (Å²) in [7, 11) is 0. The number of para-hydroxylation sites is 1. The van der Waals surface area contributed by atoms with Crippen molar-refractivity contribution in [2.75, 3.05) is 17.3 Å². The highest BCUT2D eigenvalue weighted by Crippen LogP contribution is 2.43. The van der Waals surface area contributed by atoms with Gasteiger partial charge in [0, 0.05) is 23.8 Å². The van der Waals surface area contributed by atoms with Crippen LogP contribution in [0.25, 0.3) is 11.3 Å². The third-order valence-corrected chi connectivity index (χ3v) is 6.02. The van der Waals surface area contributed by atoms with E-state index in [1.807, 2.05) is 48.5 Å². The van der Waals surface area contributed by atoms with Crippen LogP contribution in [0.15, 0.2) is 66.3 Å². The summed E-state index contributed by atoms with van der Waals surface area (Å²) in [4.78, 5) is 19.2. The molecule has 0 saturated heterocycles. The van der Waals surface area contributed by atoms with Gasteiger partial charge in [-0.25, -0.2) is 0 Å². The number of benzene rings is 2. The van der Waals surface area contributed by atoms with E-state index in [4.69, 9.17) is 9.47 Å². The lowest BCUT2D eigenvalue weighted by Crippen LogP contribution is -2.36. The largest absolute Gasteiger partial charge is 0.490 e. The number of carbonyl (C=O) groups is 1. The molecular weight excluding hydrogens is 436 g/mol. The van der Waals surface area contributed by atoms with Gasteiger partial charge in [0.15, 0.2) is 5.69 Å². The summed E-state index contributed by atoms with van der Waals surface area (Å²) in [6.45, 7) is 7.74. The van der Waals surface area contributed by atoms with Crippen molar-refractivity contribution in [2.45, 2.75) is 38.1 Å². The minimum absolute atomic E-state index is 0.164. The zero-order valence-electron chi connectivity index (χ0n) is 18.7. The molecule has 0 fully saturated rings. The van der Waals surface area contributed by atoms with Crippen molar-refractivity contribution in [2.24, 2.45) is 0 Å². The fourth-order valence-corrected chi connectivity index (χ4v) is 4.41. The van der Waals surface area contributed by atoms with Crippen molar-refractivity contribution in [1.82, 2.24) is 15.2 Å². The summed E-state index contributed by atoms with van der Waals surface area (Å²) >= 11 is 1.55. The zero-order chi connectivity index (χ0) is 23.2. The molecule has 1 amide bonds. The van der Waals surface area contributed by atoms with Gasteiger partial charge in [0.2, 0.25) is 23.2 Å². The van der Waals surface area contributed by atoms with Crippen LogP contribution in [0.3, 0.4) is 0 Å². The molecule has 4 rings (SSSR count). The number of carbonyl (C=O) groups excluding carboxylic acids is 1. The average Bonchev–Trinajstić information content (AvgIpc) is 2.97. The van der Waals surface area contributed by atoms with Gasteiger partial charge in [-0.1, -0.05) is 68.1 Å². The van der Waals surface area contributed by atoms with Crippen LogP contribution in [0.1, 0.15) is 38.5 Å². The van der Waals surface area contributed by atoms with Crippen LogP contribution in [-0.4, -0.2) is 33.4 Å². The Kier molecular flexibility index (Phi) is 7.24. The monoisotopic (exact) mass is 462 g/mol. The van der Waals surface area contributed by atoms with Crippen LogP contribution in [0.2, 0.25) is 0 Å². The maximum atomic E-state index is 12.9. The summed E-state index contributed by atoms with van der Waals surface area (Å²) < 4.78 is 12.1. The van der Waals surface area contributed by atoms with Gasteiger partial charge in [-0.3, -0.25) is 9.69 Å². The number of rotatable bonds is 8. The summed E-state index contributed by atoms with van der Waals surface area (Å²) in [6.07, 6.45) is 3.09. The third-order valence-electron chi connectivity index (χ3n) is 5.09. The third kappa shape index (κ3) is 5.01. The van der Waals surface area contributed by atoms with Gasteiger partial charge in [0.1, 0.15) is 12.4 Å². The van der Waals surface area contributed by atoms with Gasteiger partial charge < -0.3 is 9.47 Å². The van der Waals surface area contributed by atoms with Crippen molar-refractivity contribution in [1.29, 1.82) is 0 Å². The Morgan fingerprint density at radius 3 is 2.88 bits per heavy atom. The molecule has 0 spiro atoms. The number of hydrogen-bond acceptors (Lipinski definition) is 7. The van der Waals surface area contributed by atoms with E-state index >= 15 is 0 Å². The predicted molar refractivity (Wildman–Crippen MR) is 130 cm³/mol. The SMILES string of the molecule is C=CCOc1cccc(C2Oc3nc(SCCCC)nnc3-c3ccccc3N2C(C)=O)c1. The molecule has 0 N–H and O–H groups in total.